The summed E-state index contributed by atoms with van der Waals surface area (Å²) in [6, 6.07) is 31.1. The fourth-order valence-corrected chi connectivity index (χ4v) is 6.61. The molecule has 8 aromatic carbocycles. The van der Waals surface area contributed by atoms with E-state index in [9.17, 15) is 0 Å². The number of hydrogen-bond acceptors (Lipinski definition) is 1. The van der Waals surface area contributed by atoms with Crippen molar-refractivity contribution < 1.29 is 18.1 Å². The molecule has 9 aromatic rings. The highest BCUT2D eigenvalue weighted by molar-refractivity contribution is 6.23. The molecule has 0 unspecified atom stereocenters. The Balaban J connectivity index is 1.31. The summed E-state index contributed by atoms with van der Waals surface area (Å²) >= 11 is 0. The third kappa shape index (κ3) is 4.09. The topological polar surface area (TPSA) is 13.1 Å². The molecule has 0 aliphatic rings. The van der Waals surface area contributed by atoms with Gasteiger partial charge in [0.05, 0.1) is 13.7 Å². The first-order chi connectivity index (χ1) is 26.5. The molecule has 0 spiro atoms. The molecule has 1 heteroatoms. The maximum absolute atomic E-state index is 8.80. The molecule has 0 fully saturated rings. The highest BCUT2D eigenvalue weighted by Gasteiger charge is 2.20. The SMILES string of the molecule is [2H]c1c([2H])c([2H])c(-c2ccccc2-c2c3ccccc3c(-c3ccc4c(c3)oc3cccc(-c5c([2H])c([2H])c([2H])c([2H])c5[2H])c34)c3ccccc23)c([2H])c1[2H]. The third-order valence-electron chi connectivity index (χ3n) is 8.45. The van der Waals surface area contributed by atoms with Gasteiger partial charge in [-0.05, 0) is 84.3 Å². The minimum Gasteiger partial charge on any atom is -0.456 e. The van der Waals surface area contributed by atoms with Gasteiger partial charge in [-0.2, -0.15) is 0 Å². The Morgan fingerprint density at radius 2 is 0.911 bits per heavy atom. The van der Waals surface area contributed by atoms with E-state index >= 15 is 0 Å². The molecule has 1 aromatic heterocycles. The Bertz CT molecular complexity index is 3000. The van der Waals surface area contributed by atoms with E-state index in [1.807, 2.05) is 84.9 Å². The number of rotatable bonds is 4. The van der Waals surface area contributed by atoms with Crippen LogP contribution in [0.15, 0.2) is 174 Å². The predicted octanol–water partition coefficient (Wildman–Crippen LogP) is 12.6. The van der Waals surface area contributed by atoms with Gasteiger partial charge in [0.2, 0.25) is 0 Å². The number of hydrogen-bond donors (Lipinski definition) is 0. The van der Waals surface area contributed by atoms with Gasteiger partial charge in [0.1, 0.15) is 11.2 Å². The summed E-state index contributed by atoms with van der Waals surface area (Å²) in [6.45, 7) is 0. The van der Waals surface area contributed by atoms with Crippen LogP contribution in [0.4, 0.5) is 0 Å². The molecule has 1 nitrogen and oxygen atoms in total. The standard InChI is InChI=1S/C44H28O/c1-3-14-29(15-4-1)32-18-7-8-19-34(32)43-37-22-11-9-20-35(37)42(36-21-10-12-23-38(36)43)31-26-27-39-41(28-31)45-40-25-13-24-33(44(39)40)30-16-5-2-6-17-30/h1-28H/i1D,2D,3D,4D,5D,6D,14D,15D,16D,17D. The van der Waals surface area contributed by atoms with Crippen molar-refractivity contribution in [3.8, 4) is 44.5 Å². The quantitative estimate of drug-likeness (QED) is 0.188. The average molecular weight is 583 g/mol. The van der Waals surface area contributed by atoms with Gasteiger partial charge in [-0.15, -0.1) is 0 Å². The van der Waals surface area contributed by atoms with E-state index in [0.29, 0.717) is 27.7 Å². The van der Waals surface area contributed by atoms with Crippen molar-refractivity contribution in [2.75, 3.05) is 0 Å². The van der Waals surface area contributed by atoms with E-state index in [0.717, 1.165) is 49.2 Å². The Kier molecular flexibility index (Phi) is 4.01. The smallest absolute Gasteiger partial charge is 0.136 e. The molecule has 0 bridgehead atoms. The monoisotopic (exact) mass is 582 g/mol. The lowest BCUT2D eigenvalue weighted by atomic mass is 9.84. The van der Waals surface area contributed by atoms with Crippen molar-refractivity contribution >= 4 is 43.5 Å². The van der Waals surface area contributed by atoms with Gasteiger partial charge in [-0.25, -0.2) is 0 Å². The van der Waals surface area contributed by atoms with Gasteiger partial charge < -0.3 is 4.42 Å². The zero-order chi connectivity index (χ0) is 38.4. The molecule has 210 valence electrons. The lowest BCUT2D eigenvalue weighted by Gasteiger charge is -2.19. The van der Waals surface area contributed by atoms with E-state index in [1.165, 1.54) is 0 Å². The molecule has 0 saturated heterocycles. The largest absolute Gasteiger partial charge is 0.456 e. The maximum atomic E-state index is 8.80. The predicted molar refractivity (Wildman–Crippen MR) is 190 cm³/mol. The van der Waals surface area contributed by atoms with Crippen molar-refractivity contribution in [2.45, 2.75) is 0 Å². The van der Waals surface area contributed by atoms with Crippen LogP contribution < -0.4 is 0 Å². The van der Waals surface area contributed by atoms with Crippen molar-refractivity contribution in [2.24, 2.45) is 0 Å². The first-order valence-electron chi connectivity index (χ1n) is 19.6. The molecule has 0 N–H and O–H groups in total. The maximum Gasteiger partial charge on any atom is 0.136 e. The number of fused-ring (bicyclic) bond motifs is 5. The Morgan fingerprint density at radius 3 is 1.56 bits per heavy atom. The van der Waals surface area contributed by atoms with Gasteiger partial charge in [0, 0.05) is 10.8 Å². The van der Waals surface area contributed by atoms with Crippen molar-refractivity contribution in [1.29, 1.82) is 0 Å². The van der Waals surface area contributed by atoms with Crippen LogP contribution in [0.5, 0.6) is 0 Å². The summed E-state index contributed by atoms with van der Waals surface area (Å²) in [7, 11) is 0. The second-order valence-electron chi connectivity index (χ2n) is 10.9. The Labute approximate surface area is 275 Å². The number of benzene rings is 8. The molecule has 0 aliphatic heterocycles. The van der Waals surface area contributed by atoms with Gasteiger partial charge >= 0.3 is 0 Å². The Hall–Kier alpha value is -5.92. The highest BCUT2D eigenvalue weighted by atomic mass is 16.3. The van der Waals surface area contributed by atoms with E-state index < -0.39 is 36.3 Å². The van der Waals surface area contributed by atoms with Gasteiger partial charge in [-0.3, -0.25) is 0 Å². The lowest BCUT2D eigenvalue weighted by molar-refractivity contribution is 0.669. The summed E-state index contributed by atoms with van der Waals surface area (Å²) in [5, 5.41) is 5.06. The summed E-state index contributed by atoms with van der Waals surface area (Å²) in [4.78, 5) is 0. The minimum atomic E-state index is -0.448. The van der Waals surface area contributed by atoms with Gasteiger partial charge in [-0.1, -0.05) is 151 Å². The van der Waals surface area contributed by atoms with Gasteiger partial charge in [0.25, 0.3) is 0 Å². The van der Waals surface area contributed by atoms with Crippen LogP contribution in [0.25, 0.3) is 88.0 Å². The second kappa shape index (κ2) is 10.4. The van der Waals surface area contributed by atoms with E-state index in [1.54, 1.807) is 24.3 Å². The molecule has 0 saturated carbocycles. The molecular weight excluding hydrogens is 544 g/mol. The highest BCUT2D eigenvalue weighted by Crippen LogP contribution is 2.47. The van der Waals surface area contributed by atoms with Crippen LogP contribution in [-0.4, -0.2) is 0 Å². The average Bonchev–Trinajstić information content (AvgIpc) is 3.59. The first kappa shape index (κ1) is 17.4. The molecule has 0 radical (unpaired) electrons. The Morgan fingerprint density at radius 1 is 0.378 bits per heavy atom. The normalized spacial score (nSPS) is 14.7. The second-order valence-corrected chi connectivity index (χ2v) is 10.9. The fourth-order valence-electron chi connectivity index (χ4n) is 6.61. The zero-order valence-electron chi connectivity index (χ0n) is 33.8. The van der Waals surface area contributed by atoms with Crippen molar-refractivity contribution in [3.05, 3.63) is 170 Å². The van der Waals surface area contributed by atoms with Crippen LogP contribution in [0.1, 0.15) is 13.7 Å². The molecule has 0 aliphatic carbocycles. The van der Waals surface area contributed by atoms with Crippen LogP contribution in [0, 0.1) is 0 Å². The van der Waals surface area contributed by atoms with Crippen molar-refractivity contribution in [3.63, 3.8) is 0 Å². The molecular formula is C44H28O. The summed E-state index contributed by atoms with van der Waals surface area (Å²) in [5.41, 5.74) is 5.76. The fraction of sp³-hybridized carbons (Fsp3) is 0. The number of furan rings is 1. The van der Waals surface area contributed by atoms with E-state index in [2.05, 4.69) is 0 Å². The van der Waals surface area contributed by atoms with Crippen LogP contribution in [0.3, 0.4) is 0 Å². The van der Waals surface area contributed by atoms with Gasteiger partial charge in [0.15, 0.2) is 0 Å². The zero-order valence-corrected chi connectivity index (χ0v) is 23.8. The molecule has 9 rings (SSSR count). The summed E-state index contributed by atoms with van der Waals surface area (Å²) in [5.74, 6) is 0. The third-order valence-corrected chi connectivity index (χ3v) is 8.45. The molecule has 1 heterocycles. The van der Waals surface area contributed by atoms with E-state index in [4.69, 9.17) is 18.1 Å². The van der Waals surface area contributed by atoms with Crippen LogP contribution >= 0.6 is 0 Å². The molecule has 0 atom stereocenters. The summed E-state index contributed by atoms with van der Waals surface area (Å²) < 4.78 is 90.9. The lowest BCUT2D eigenvalue weighted by Crippen LogP contribution is -1.92. The molecule has 45 heavy (non-hydrogen) atoms. The minimum absolute atomic E-state index is 0.111. The first-order valence-corrected chi connectivity index (χ1v) is 14.6. The van der Waals surface area contributed by atoms with Crippen LogP contribution in [-0.2, 0) is 0 Å². The van der Waals surface area contributed by atoms with E-state index in [-0.39, 0.29) is 35.3 Å². The molecule has 0 amide bonds. The van der Waals surface area contributed by atoms with Crippen molar-refractivity contribution in [1.82, 2.24) is 0 Å². The summed E-state index contributed by atoms with van der Waals surface area (Å²) in [6.07, 6.45) is 0. The van der Waals surface area contributed by atoms with Crippen LogP contribution in [0.2, 0.25) is 0 Å².